The van der Waals surface area contributed by atoms with Gasteiger partial charge in [-0.25, -0.2) is 4.98 Å². The van der Waals surface area contributed by atoms with E-state index in [1.807, 2.05) is 0 Å². The number of ether oxygens (including phenoxy) is 1. The molecule has 1 heterocycles. The predicted octanol–water partition coefficient (Wildman–Crippen LogP) is 4.66. The van der Waals surface area contributed by atoms with Gasteiger partial charge in [0.25, 0.3) is 0 Å². The third kappa shape index (κ3) is 7.47. The fourth-order valence-electron chi connectivity index (χ4n) is 1.95. The van der Waals surface area contributed by atoms with Crippen molar-refractivity contribution in [1.82, 2.24) is 10.3 Å². The quantitative estimate of drug-likeness (QED) is 0.707. The van der Waals surface area contributed by atoms with Gasteiger partial charge in [-0.2, -0.15) is 0 Å². The van der Waals surface area contributed by atoms with Crippen LogP contribution in [0.5, 0.6) is 5.88 Å². The molecule has 0 aliphatic rings. The molecule has 0 spiro atoms. The molecule has 0 radical (unpaired) electrons. The van der Waals surface area contributed by atoms with E-state index in [1.165, 1.54) is 18.4 Å². The second-order valence-corrected chi connectivity index (χ2v) is 7.05. The Morgan fingerprint density at radius 2 is 1.90 bits per heavy atom. The van der Waals surface area contributed by atoms with E-state index in [0.29, 0.717) is 5.92 Å². The molecule has 0 saturated carbocycles. The fraction of sp³-hybridized carbons (Fsp3) is 0.722. The lowest BCUT2D eigenvalue weighted by atomic mass is 10.1. The summed E-state index contributed by atoms with van der Waals surface area (Å²) in [4.78, 5) is 4.62. The summed E-state index contributed by atoms with van der Waals surface area (Å²) in [5.74, 6) is 1.18. The van der Waals surface area contributed by atoms with E-state index in [2.05, 4.69) is 64.0 Å². The minimum atomic E-state index is 0.114. The molecule has 0 fully saturated rings. The summed E-state index contributed by atoms with van der Waals surface area (Å²) in [7, 11) is 0. The van der Waals surface area contributed by atoms with Crippen molar-refractivity contribution in [2.45, 2.75) is 78.8 Å². The van der Waals surface area contributed by atoms with Crippen LogP contribution in [0.4, 0.5) is 0 Å². The van der Waals surface area contributed by atoms with E-state index in [-0.39, 0.29) is 5.54 Å². The lowest BCUT2D eigenvalue weighted by Gasteiger charge is -2.21. The highest BCUT2D eigenvalue weighted by Crippen LogP contribution is 2.20. The first-order valence-electron chi connectivity index (χ1n) is 8.20. The van der Waals surface area contributed by atoms with Crippen molar-refractivity contribution in [3.63, 3.8) is 0 Å². The van der Waals surface area contributed by atoms with Crippen molar-refractivity contribution >= 4 is 0 Å². The van der Waals surface area contributed by atoms with Gasteiger partial charge in [0.15, 0.2) is 0 Å². The molecule has 0 aromatic carbocycles. The number of hydrogen-bond donors (Lipinski definition) is 1. The summed E-state index contributed by atoms with van der Waals surface area (Å²) in [5.41, 5.74) is 2.46. The van der Waals surface area contributed by atoms with Crippen LogP contribution in [0.25, 0.3) is 0 Å². The first-order valence-corrected chi connectivity index (χ1v) is 8.20. The van der Waals surface area contributed by atoms with E-state index in [9.17, 15) is 0 Å². The smallest absolute Gasteiger partial charge is 0.213 e. The fourth-order valence-corrected chi connectivity index (χ4v) is 1.95. The Hall–Kier alpha value is -1.09. The molecule has 0 atom stereocenters. The Kier molecular flexibility index (Phi) is 7.16. The topological polar surface area (TPSA) is 34.1 Å². The normalized spacial score (nSPS) is 12.0. The van der Waals surface area contributed by atoms with Crippen LogP contribution in [0.2, 0.25) is 0 Å². The maximum Gasteiger partial charge on any atom is 0.213 e. The molecule has 0 aliphatic carbocycles. The van der Waals surface area contributed by atoms with Crippen molar-refractivity contribution in [1.29, 1.82) is 0 Å². The molecule has 3 nitrogen and oxygen atoms in total. The molecule has 0 unspecified atom stereocenters. The van der Waals surface area contributed by atoms with E-state index < -0.39 is 0 Å². The first-order chi connectivity index (χ1) is 9.81. The zero-order valence-electron chi connectivity index (χ0n) is 14.6. The van der Waals surface area contributed by atoms with Crippen LogP contribution in [-0.4, -0.2) is 17.1 Å². The molecule has 1 aromatic heterocycles. The number of unbranched alkanes of at least 4 members (excludes halogenated alkanes) is 2. The molecule has 0 bridgehead atoms. The largest absolute Gasteiger partial charge is 0.478 e. The van der Waals surface area contributed by atoms with Crippen molar-refractivity contribution < 1.29 is 4.74 Å². The summed E-state index contributed by atoms with van der Waals surface area (Å²) < 4.78 is 5.83. The molecule has 120 valence electrons. The number of nitrogens with one attached hydrogen (secondary N) is 1. The molecule has 3 heteroatoms. The van der Waals surface area contributed by atoms with Gasteiger partial charge in [-0.05, 0) is 44.7 Å². The van der Waals surface area contributed by atoms with Gasteiger partial charge in [0.1, 0.15) is 0 Å². The summed E-state index contributed by atoms with van der Waals surface area (Å²) in [5, 5.41) is 3.52. The lowest BCUT2D eigenvalue weighted by molar-refractivity contribution is 0.293. The van der Waals surface area contributed by atoms with Crippen LogP contribution in [0.3, 0.4) is 0 Å². The highest BCUT2D eigenvalue weighted by Gasteiger charge is 2.11. The lowest BCUT2D eigenvalue weighted by Crippen LogP contribution is -2.35. The Morgan fingerprint density at radius 3 is 2.48 bits per heavy atom. The molecular weight excluding hydrogens is 260 g/mol. The van der Waals surface area contributed by atoms with Crippen molar-refractivity contribution in [3.8, 4) is 5.88 Å². The van der Waals surface area contributed by atoms with Gasteiger partial charge in [0.05, 0.1) is 6.61 Å². The minimum Gasteiger partial charge on any atom is -0.478 e. The molecule has 1 aromatic rings. The van der Waals surface area contributed by atoms with Gasteiger partial charge in [-0.1, -0.05) is 33.6 Å². The average Bonchev–Trinajstić information content (AvgIpc) is 2.40. The molecule has 0 saturated heterocycles. The van der Waals surface area contributed by atoms with Crippen LogP contribution < -0.4 is 10.1 Å². The SMILES string of the molecule is CCCCCOc1cc(CNC(C)(C)C)cc(C(C)C)n1. The Bertz CT molecular complexity index is 422. The minimum absolute atomic E-state index is 0.114. The van der Waals surface area contributed by atoms with Gasteiger partial charge < -0.3 is 10.1 Å². The van der Waals surface area contributed by atoms with Gasteiger partial charge in [-0.3, -0.25) is 0 Å². The monoisotopic (exact) mass is 292 g/mol. The second-order valence-electron chi connectivity index (χ2n) is 7.05. The second kappa shape index (κ2) is 8.38. The predicted molar refractivity (Wildman–Crippen MR) is 89.9 cm³/mol. The molecule has 0 amide bonds. The number of hydrogen-bond acceptors (Lipinski definition) is 3. The molecule has 21 heavy (non-hydrogen) atoms. The Balaban J connectivity index is 2.75. The molecule has 1 rings (SSSR count). The maximum absolute atomic E-state index is 5.83. The third-order valence-corrected chi connectivity index (χ3v) is 3.29. The van der Waals surface area contributed by atoms with E-state index >= 15 is 0 Å². The van der Waals surface area contributed by atoms with Gasteiger partial charge in [0, 0.05) is 23.8 Å². The van der Waals surface area contributed by atoms with E-state index in [0.717, 1.165) is 31.1 Å². The standard InChI is InChI=1S/C18H32N2O/c1-7-8-9-10-21-17-12-15(13-19-18(4,5)6)11-16(20-17)14(2)3/h11-12,14,19H,7-10,13H2,1-6H3. The molecular formula is C18H32N2O. The third-order valence-electron chi connectivity index (χ3n) is 3.29. The summed E-state index contributed by atoms with van der Waals surface area (Å²) in [6, 6.07) is 4.25. The Labute approximate surface area is 130 Å². The highest BCUT2D eigenvalue weighted by molar-refractivity contribution is 5.26. The summed E-state index contributed by atoms with van der Waals surface area (Å²) in [6.07, 6.45) is 3.52. The van der Waals surface area contributed by atoms with Gasteiger partial charge >= 0.3 is 0 Å². The summed E-state index contributed by atoms with van der Waals surface area (Å²) >= 11 is 0. The van der Waals surface area contributed by atoms with Gasteiger partial charge in [-0.15, -0.1) is 0 Å². The zero-order valence-corrected chi connectivity index (χ0v) is 14.6. The van der Waals surface area contributed by atoms with E-state index in [4.69, 9.17) is 4.74 Å². The summed E-state index contributed by atoms with van der Waals surface area (Å²) in [6.45, 7) is 14.7. The van der Waals surface area contributed by atoms with Crippen molar-refractivity contribution in [3.05, 3.63) is 23.4 Å². The average molecular weight is 292 g/mol. The zero-order chi connectivity index (χ0) is 15.9. The Morgan fingerprint density at radius 1 is 1.19 bits per heavy atom. The van der Waals surface area contributed by atoms with Crippen LogP contribution in [0.1, 0.15) is 78.0 Å². The number of nitrogens with zero attached hydrogens (tertiary/aromatic N) is 1. The van der Waals surface area contributed by atoms with E-state index in [1.54, 1.807) is 0 Å². The molecule has 0 aliphatic heterocycles. The van der Waals surface area contributed by atoms with Crippen LogP contribution in [0.15, 0.2) is 12.1 Å². The molecule has 1 N–H and O–H groups in total. The van der Waals surface area contributed by atoms with Crippen LogP contribution >= 0.6 is 0 Å². The van der Waals surface area contributed by atoms with Crippen LogP contribution in [-0.2, 0) is 6.54 Å². The van der Waals surface area contributed by atoms with Crippen molar-refractivity contribution in [2.75, 3.05) is 6.61 Å². The number of rotatable bonds is 8. The number of pyridine rings is 1. The maximum atomic E-state index is 5.83. The number of aromatic nitrogens is 1. The van der Waals surface area contributed by atoms with Crippen molar-refractivity contribution in [2.24, 2.45) is 0 Å². The van der Waals surface area contributed by atoms with Gasteiger partial charge in [0.2, 0.25) is 5.88 Å². The van der Waals surface area contributed by atoms with Crippen LogP contribution in [0, 0.1) is 0 Å². The highest BCUT2D eigenvalue weighted by atomic mass is 16.5. The first kappa shape index (κ1) is 18.0.